The molecule has 10 heteroatoms. The van der Waals surface area contributed by atoms with Gasteiger partial charge >= 0.3 is 0 Å². The van der Waals surface area contributed by atoms with E-state index in [1.165, 1.54) is 0 Å². The van der Waals surface area contributed by atoms with Gasteiger partial charge in [0.1, 0.15) is 11.9 Å². The maximum Gasteiger partial charge on any atom is 0.269 e. The number of carbonyl (C=O) groups excluding carboxylic acids is 1. The Labute approximate surface area is 210 Å². The van der Waals surface area contributed by atoms with E-state index in [1.54, 1.807) is 18.5 Å². The molecule has 2 atom stereocenters. The molecule has 5 rings (SSSR count). The third-order valence-electron chi connectivity index (χ3n) is 7.97. The zero-order valence-corrected chi connectivity index (χ0v) is 20.8. The van der Waals surface area contributed by atoms with E-state index in [-0.39, 0.29) is 22.9 Å². The van der Waals surface area contributed by atoms with Crippen LogP contribution in [0.15, 0.2) is 29.3 Å². The quantitative estimate of drug-likeness (QED) is 0.583. The van der Waals surface area contributed by atoms with E-state index in [0.717, 1.165) is 69.9 Å². The van der Waals surface area contributed by atoms with Crippen molar-refractivity contribution in [3.05, 3.63) is 46.0 Å². The molecule has 2 aromatic heterocycles. The molecule has 36 heavy (non-hydrogen) atoms. The van der Waals surface area contributed by atoms with Crippen molar-refractivity contribution in [1.82, 2.24) is 20.1 Å². The Kier molecular flexibility index (Phi) is 6.92. The molecule has 1 spiro atoms. The lowest BCUT2D eigenvalue weighted by Gasteiger charge is -2.27. The van der Waals surface area contributed by atoms with Crippen molar-refractivity contribution in [3.8, 4) is 6.07 Å². The third kappa shape index (κ3) is 4.93. The zero-order chi connectivity index (χ0) is 25.1. The van der Waals surface area contributed by atoms with Gasteiger partial charge in [-0.1, -0.05) is 0 Å². The third-order valence-corrected chi connectivity index (χ3v) is 7.97. The maximum absolute atomic E-state index is 12.9. The van der Waals surface area contributed by atoms with Crippen molar-refractivity contribution in [2.24, 2.45) is 5.41 Å². The van der Waals surface area contributed by atoms with Gasteiger partial charge in [0, 0.05) is 49.9 Å². The van der Waals surface area contributed by atoms with Crippen LogP contribution in [0.2, 0.25) is 0 Å². The molecule has 0 saturated carbocycles. The number of nitrogens with one attached hydrogen (secondary N) is 1. The van der Waals surface area contributed by atoms with Crippen molar-refractivity contribution >= 4 is 17.4 Å². The molecule has 190 valence electrons. The molecular weight excluding hydrogens is 458 g/mol. The predicted octanol–water partition coefficient (Wildman–Crippen LogP) is 1.85. The number of hydrogen-bond acceptors (Lipinski definition) is 8. The Morgan fingerprint density at radius 1 is 1.25 bits per heavy atom. The lowest BCUT2D eigenvalue weighted by atomic mass is 9.86. The maximum atomic E-state index is 12.9. The van der Waals surface area contributed by atoms with Crippen LogP contribution in [0, 0.1) is 23.7 Å². The number of carbonyl (C=O) groups is 1. The van der Waals surface area contributed by atoms with E-state index < -0.39 is 0 Å². The van der Waals surface area contributed by atoms with Crippen molar-refractivity contribution in [1.29, 1.82) is 5.26 Å². The number of nitriles is 1. The zero-order valence-electron chi connectivity index (χ0n) is 20.8. The predicted molar refractivity (Wildman–Crippen MR) is 135 cm³/mol. The van der Waals surface area contributed by atoms with Crippen LogP contribution in [-0.2, 0) is 9.53 Å². The summed E-state index contributed by atoms with van der Waals surface area (Å²) >= 11 is 0. The number of likely N-dealkylation sites (tertiary alicyclic amines) is 1. The number of aromatic nitrogens is 3. The van der Waals surface area contributed by atoms with Crippen LogP contribution in [-0.4, -0.2) is 78.0 Å². The number of anilines is 2. The van der Waals surface area contributed by atoms with E-state index in [2.05, 4.69) is 31.1 Å². The minimum atomic E-state index is -0.161. The lowest BCUT2D eigenvalue weighted by molar-refractivity contribution is -0.131. The van der Waals surface area contributed by atoms with Gasteiger partial charge in [0.05, 0.1) is 43.1 Å². The number of amides is 1. The highest BCUT2D eigenvalue weighted by Gasteiger charge is 2.44. The van der Waals surface area contributed by atoms with Crippen LogP contribution in [0.25, 0.3) is 0 Å². The first-order valence-electron chi connectivity index (χ1n) is 12.8. The van der Waals surface area contributed by atoms with Gasteiger partial charge in [-0.2, -0.15) is 10.4 Å². The summed E-state index contributed by atoms with van der Waals surface area (Å²) in [6.45, 7) is 7.02. The first-order chi connectivity index (χ1) is 17.5. The topological polar surface area (TPSA) is 118 Å². The van der Waals surface area contributed by atoms with Crippen molar-refractivity contribution in [2.75, 3.05) is 55.7 Å². The van der Waals surface area contributed by atoms with Crippen LogP contribution >= 0.6 is 0 Å². The van der Waals surface area contributed by atoms with Gasteiger partial charge in [-0.15, -0.1) is 0 Å². The van der Waals surface area contributed by atoms with E-state index in [9.17, 15) is 9.59 Å². The van der Waals surface area contributed by atoms with E-state index in [0.29, 0.717) is 30.8 Å². The Morgan fingerprint density at radius 2 is 2.11 bits per heavy atom. The average molecular weight is 492 g/mol. The normalized spacial score (nSPS) is 23.6. The second-order valence-electron chi connectivity index (χ2n) is 10.3. The van der Waals surface area contributed by atoms with Crippen LogP contribution in [0.1, 0.15) is 43.2 Å². The summed E-state index contributed by atoms with van der Waals surface area (Å²) in [7, 11) is 0. The largest absolute Gasteiger partial charge is 0.379 e. The Bertz CT molecular complexity index is 1190. The first-order valence-corrected chi connectivity index (χ1v) is 12.8. The number of rotatable bonds is 7. The van der Waals surface area contributed by atoms with Crippen LogP contribution in [0.5, 0.6) is 0 Å². The lowest BCUT2D eigenvalue weighted by Crippen LogP contribution is -2.36. The van der Waals surface area contributed by atoms with Crippen LogP contribution < -0.4 is 15.4 Å². The highest BCUT2D eigenvalue weighted by Crippen LogP contribution is 2.40. The molecule has 1 N–H and O–H groups in total. The number of ether oxygens (including phenoxy) is 1. The fourth-order valence-electron chi connectivity index (χ4n) is 5.85. The number of nitrogens with zero attached hydrogens (tertiary/aromatic N) is 6. The van der Waals surface area contributed by atoms with Gasteiger partial charge in [-0.05, 0) is 44.7 Å². The second kappa shape index (κ2) is 10.3. The minimum Gasteiger partial charge on any atom is -0.379 e. The fraction of sp³-hybridized carbons (Fsp3) is 0.577. The Hall–Kier alpha value is -3.45. The number of pyridine rings is 1. The standard InChI is InChI=1S/C26H33N7O3/c1-19-22(15-29-30-25(19)35)33-9-2-3-21(33)16-36-12-6-24(34)32-11-8-26(18-32)7-10-31(17-26)23-5-4-20(13-27)14-28-23/h4-5,14-15,21H,2-3,6-12,16-18H2,1H3,(H,30,35)/t21-,26?/m0/s1. The average Bonchev–Trinajstić information content (AvgIpc) is 3.64. The summed E-state index contributed by atoms with van der Waals surface area (Å²) in [6.07, 6.45) is 7.81. The Morgan fingerprint density at radius 3 is 2.92 bits per heavy atom. The van der Waals surface area contributed by atoms with Gasteiger partial charge in [0.15, 0.2) is 0 Å². The molecule has 3 fully saturated rings. The molecule has 5 heterocycles. The highest BCUT2D eigenvalue weighted by molar-refractivity contribution is 5.76. The van der Waals surface area contributed by atoms with E-state index in [1.807, 2.05) is 17.9 Å². The summed E-state index contributed by atoms with van der Waals surface area (Å²) in [4.78, 5) is 35.7. The van der Waals surface area contributed by atoms with Gasteiger partial charge in [0.2, 0.25) is 5.91 Å². The Balaban J connectivity index is 1.07. The molecule has 0 aromatic carbocycles. The van der Waals surface area contributed by atoms with E-state index in [4.69, 9.17) is 10.00 Å². The summed E-state index contributed by atoms with van der Waals surface area (Å²) in [6, 6.07) is 6.02. The fourth-order valence-corrected chi connectivity index (χ4v) is 5.85. The highest BCUT2D eigenvalue weighted by atomic mass is 16.5. The molecular formula is C26H33N7O3. The number of aromatic amines is 1. The molecule has 3 saturated heterocycles. The molecule has 2 aromatic rings. The molecule has 1 unspecified atom stereocenters. The number of hydrogen-bond donors (Lipinski definition) is 1. The van der Waals surface area contributed by atoms with Crippen molar-refractivity contribution < 1.29 is 9.53 Å². The van der Waals surface area contributed by atoms with Crippen LogP contribution in [0.4, 0.5) is 11.5 Å². The van der Waals surface area contributed by atoms with E-state index >= 15 is 0 Å². The van der Waals surface area contributed by atoms with Crippen LogP contribution in [0.3, 0.4) is 0 Å². The monoisotopic (exact) mass is 491 g/mol. The van der Waals surface area contributed by atoms with Gasteiger partial charge < -0.3 is 19.4 Å². The summed E-state index contributed by atoms with van der Waals surface area (Å²) in [5, 5.41) is 15.4. The number of H-pyrrole nitrogens is 1. The molecule has 0 bridgehead atoms. The van der Waals surface area contributed by atoms with Gasteiger partial charge in [-0.25, -0.2) is 10.1 Å². The molecule has 0 aliphatic carbocycles. The molecule has 1 amide bonds. The van der Waals surface area contributed by atoms with Gasteiger partial charge in [-0.3, -0.25) is 9.59 Å². The van der Waals surface area contributed by atoms with Gasteiger partial charge in [0.25, 0.3) is 5.56 Å². The molecule has 3 aliphatic heterocycles. The summed E-state index contributed by atoms with van der Waals surface area (Å²) in [5.74, 6) is 1.05. The van der Waals surface area contributed by atoms with Crippen molar-refractivity contribution in [2.45, 2.75) is 45.1 Å². The SMILES string of the molecule is Cc1c(N2CCC[C@H]2COCCC(=O)N2CCC3(CCN(c4ccc(C#N)cn4)C3)C2)cn[nH]c1=O. The molecule has 0 radical (unpaired) electrons. The smallest absolute Gasteiger partial charge is 0.269 e. The summed E-state index contributed by atoms with van der Waals surface area (Å²) < 4.78 is 5.95. The van der Waals surface area contributed by atoms with Crippen molar-refractivity contribution in [3.63, 3.8) is 0 Å². The summed E-state index contributed by atoms with van der Waals surface area (Å²) in [5.41, 5.74) is 2.07. The minimum absolute atomic E-state index is 0.121. The molecule has 10 nitrogen and oxygen atoms in total. The first kappa shape index (κ1) is 24.3. The second-order valence-corrected chi connectivity index (χ2v) is 10.3. The molecule has 3 aliphatic rings.